The largest absolute Gasteiger partial charge is 0.487 e. The van der Waals surface area contributed by atoms with E-state index >= 15 is 0 Å². The topological polar surface area (TPSA) is 58.6 Å². The molecule has 3 aromatic carbocycles. The van der Waals surface area contributed by atoms with E-state index in [1.165, 1.54) is 24.3 Å². The van der Waals surface area contributed by atoms with Crippen LogP contribution in [-0.4, -0.2) is 29.8 Å². The summed E-state index contributed by atoms with van der Waals surface area (Å²) in [6, 6.07) is 21.1. The number of nitrogens with zero attached hydrogens (tertiary/aromatic N) is 1. The van der Waals surface area contributed by atoms with Crippen molar-refractivity contribution in [2.45, 2.75) is 26.4 Å². The number of aryl methyl sites for hydroxylation is 1. The molecule has 1 saturated heterocycles. The third-order valence-corrected chi connectivity index (χ3v) is 5.88. The molecular formula is C27H27FN2O3. The summed E-state index contributed by atoms with van der Waals surface area (Å²) in [5.41, 5.74) is 3.20. The second-order valence-corrected chi connectivity index (χ2v) is 8.34. The zero-order chi connectivity index (χ0) is 23.2. The van der Waals surface area contributed by atoms with Crippen LogP contribution in [-0.2, 0) is 11.4 Å². The van der Waals surface area contributed by atoms with Crippen molar-refractivity contribution < 1.29 is 18.7 Å². The van der Waals surface area contributed by atoms with Gasteiger partial charge in [0.2, 0.25) is 5.91 Å². The smallest absolute Gasteiger partial charge is 0.253 e. The summed E-state index contributed by atoms with van der Waals surface area (Å²) in [6.45, 7) is 3.37. The molecule has 0 radical (unpaired) electrons. The van der Waals surface area contributed by atoms with Gasteiger partial charge < -0.3 is 15.0 Å². The molecule has 170 valence electrons. The molecule has 3 aromatic rings. The Labute approximate surface area is 193 Å². The summed E-state index contributed by atoms with van der Waals surface area (Å²) in [5.74, 6) is -0.131. The molecule has 4 rings (SSSR count). The highest BCUT2D eigenvalue weighted by Crippen LogP contribution is 2.29. The fourth-order valence-electron chi connectivity index (χ4n) is 3.94. The molecule has 0 aromatic heterocycles. The van der Waals surface area contributed by atoms with Crippen LogP contribution in [0.25, 0.3) is 0 Å². The number of carbonyl (C=O) groups excluding carboxylic acids is 2. The number of benzene rings is 3. The minimum atomic E-state index is -0.370. The van der Waals surface area contributed by atoms with E-state index < -0.39 is 0 Å². The maximum absolute atomic E-state index is 13.1. The van der Waals surface area contributed by atoms with Crippen LogP contribution in [0.3, 0.4) is 0 Å². The van der Waals surface area contributed by atoms with Crippen LogP contribution in [0, 0.1) is 18.7 Å². The number of hydrogen-bond donors (Lipinski definition) is 1. The maximum atomic E-state index is 13.1. The molecule has 33 heavy (non-hydrogen) atoms. The van der Waals surface area contributed by atoms with Crippen LogP contribution in [0.2, 0.25) is 0 Å². The Morgan fingerprint density at radius 1 is 1.00 bits per heavy atom. The standard InChI is InChI=1S/C27H27FN2O3/c1-19-7-12-24(25(17-19)33-18-20-5-3-2-4-6-20)29-26(31)21-13-15-30(16-14-21)27(32)22-8-10-23(28)11-9-22/h2-12,17,21H,13-16,18H2,1H3,(H,29,31). The predicted octanol–water partition coefficient (Wildman–Crippen LogP) is 5.20. The molecule has 2 amide bonds. The van der Waals surface area contributed by atoms with Gasteiger partial charge in [-0.1, -0.05) is 36.4 Å². The van der Waals surface area contributed by atoms with Gasteiger partial charge in [-0.05, 0) is 67.3 Å². The summed E-state index contributed by atoms with van der Waals surface area (Å²) < 4.78 is 19.1. The molecule has 0 aliphatic carbocycles. The van der Waals surface area contributed by atoms with Gasteiger partial charge in [-0.3, -0.25) is 9.59 Å². The van der Waals surface area contributed by atoms with E-state index in [-0.39, 0.29) is 23.5 Å². The fourth-order valence-corrected chi connectivity index (χ4v) is 3.94. The maximum Gasteiger partial charge on any atom is 0.253 e. The van der Waals surface area contributed by atoms with Crippen LogP contribution < -0.4 is 10.1 Å². The van der Waals surface area contributed by atoms with Crippen LogP contribution in [0.4, 0.5) is 10.1 Å². The first kappa shape index (κ1) is 22.5. The van der Waals surface area contributed by atoms with Crippen LogP contribution in [0.1, 0.15) is 34.3 Å². The Morgan fingerprint density at radius 2 is 1.70 bits per heavy atom. The van der Waals surface area contributed by atoms with Crippen molar-refractivity contribution in [3.8, 4) is 5.75 Å². The monoisotopic (exact) mass is 446 g/mol. The molecule has 0 saturated carbocycles. The normalized spacial score (nSPS) is 14.1. The molecule has 1 N–H and O–H groups in total. The molecule has 1 aliphatic rings. The zero-order valence-corrected chi connectivity index (χ0v) is 18.6. The van der Waals surface area contributed by atoms with Crippen LogP contribution >= 0.6 is 0 Å². The Kier molecular flexibility index (Phi) is 7.03. The van der Waals surface area contributed by atoms with Gasteiger partial charge in [-0.25, -0.2) is 4.39 Å². The van der Waals surface area contributed by atoms with E-state index in [4.69, 9.17) is 4.74 Å². The SMILES string of the molecule is Cc1ccc(NC(=O)C2CCN(C(=O)c3ccc(F)cc3)CC2)c(OCc2ccccc2)c1. The van der Waals surface area contributed by atoms with E-state index in [0.29, 0.717) is 49.5 Å². The summed E-state index contributed by atoms with van der Waals surface area (Å²) in [4.78, 5) is 27.3. The average molecular weight is 447 g/mol. The van der Waals surface area contributed by atoms with Crippen molar-refractivity contribution in [3.05, 3.63) is 95.3 Å². The lowest BCUT2D eigenvalue weighted by Gasteiger charge is -2.31. The number of nitrogens with one attached hydrogen (secondary N) is 1. The van der Waals surface area contributed by atoms with Gasteiger partial charge in [0.05, 0.1) is 5.69 Å². The van der Waals surface area contributed by atoms with Gasteiger partial charge in [0.1, 0.15) is 18.2 Å². The Hall–Kier alpha value is -3.67. The molecule has 0 spiro atoms. The van der Waals surface area contributed by atoms with Gasteiger partial charge in [0.15, 0.2) is 0 Å². The summed E-state index contributed by atoms with van der Waals surface area (Å²) in [7, 11) is 0. The third-order valence-electron chi connectivity index (χ3n) is 5.88. The van der Waals surface area contributed by atoms with Gasteiger partial charge in [-0.2, -0.15) is 0 Å². The molecule has 0 bridgehead atoms. The first-order valence-electron chi connectivity index (χ1n) is 11.1. The van der Waals surface area contributed by atoms with Crippen LogP contribution in [0.15, 0.2) is 72.8 Å². The quantitative estimate of drug-likeness (QED) is 0.566. The van der Waals surface area contributed by atoms with Gasteiger partial charge in [-0.15, -0.1) is 0 Å². The summed E-state index contributed by atoms with van der Waals surface area (Å²) in [6.07, 6.45) is 1.15. The van der Waals surface area contributed by atoms with Gasteiger partial charge in [0.25, 0.3) is 5.91 Å². The molecule has 0 unspecified atom stereocenters. The molecule has 6 heteroatoms. The number of carbonyl (C=O) groups is 2. The van der Waals surface area contributed by atoms with E-state index in [1.807, 2.05) is 55.5 Å². The minimum absolute atomic E-state index is 0.0719. The lowest BCUT2D eigenvalue weighted by atomic mass is 9.95. The first-order valence-corrected chi connectivity index (χ1v) is 11.1. The van der Waals surface area contributed by atoms with Crippen molar-refractivity contribution in [1.29, 1.82) is 0 Å². The minimum Gasteiger partial charge on any atom is -0.487 e. The fraction of sp³-hybridized carbons (Fsp3) is 0.259. The van der Waals surface area contributed by atoms with Crippen molar-refractivity contribution in [3.63, 3.8) is 0 Å². The summed E-state index contributed by atoms with van der Waals surface area (Å²) in [5, 5.41) is 3.02. The molecular weight excluding hydrogens is 419 g/mol. The zero-order valence-electron chi connectivity index (χ0n) is 18.6. The molecule has 0 atom stereocenters. The number of likely N-dealkylation sites (tertiary alicyclic amines) is 1. The van der Waals surface area contributed by atoms with Crippen molar-refractivity contribution in [1.82, 2.24) is 4.90 Å². The molecule has 5 nitrogen and oxygen atoms in total. The average Bonchev–Trinajstić information content (AvgIpc) is 2.85. The second-order valence-electron chi connectivity index (χ2n) is 8.34. The number of hydrogen-bond acceptors (Lipinski definition) is 3. The van der Waals surface area contributed by atoms with E-state index in [2.05, 4.69) is 5.32 Å². The highest BCUT2D eigenvalue weighted by Gasteiger charge is 2.28. The number of halogens is 1. The van der Waals surface area contributed by atoms with E-state index in [1.54, 1.807) is 4.90 Å². The number of ether oxygens (including phenoxy) is 1. The second kappa shape index (κ2) is 10.3. The predicted molar refractivity (Wildman–Crippen MR) is 126 cm³/mol. The van der Waals surface area contributed by atoms with Crippen molar-refractivity contribution in [2.75, 3.05) is 18.4 Å². The lowest BCUT2D eigenvalue weighted by Crippen LogP contribution is -2.41. The van der Waals surface area contributed by atoms with E-state index in [9.17, 15) is 14.0 Å². The lowest BCUT2D eigenvalue weighted by molar-refractivity contribution is -0.121. The van der Waals surface area contributed by atoms with Gasteiger partial charge >= 0.3 is 0 Å². The number of piperidine rings is 1. The highest BCUT2D eigenvalue weighted by molar-refractivity contribution is 5.96. The Bertz CT molecular complexity index is 1110. The molecule has 1 heterocycles. The third kappa shape index (κ3) is 5.77. The number of amides is 2. The number of rotatable bonds is 6. The Morgan fingerprint density at radius 3 is 2.39 bits per heavy atom. The van der Waals surface area contributed by atoms with Crippen molar-refractivity contribution >= 4 is 17.5 Å². The Balaban J connectivity index is 1.35. The van der Waals surface area contributed by atoms with Crippen molar-refractivity contribution in [2.24, 2.45) is 5.92 Å². The van der Waals surface area contributed by atoms with Crippen LogP contribution in [0.5, 0.6) is 5.75 Å². The highest BCUT2D eigenvalue weighted by atomic mass is 19.1. The first-order chi connectivity index (χ1) is 16.0. The summed E-state index contributed by atoms with van der Waals surface area (Å²) >= 11 is 0. The molecule has 1 aliphatic heterocycles. The number of anilines is 1. The van der Waals surface area contributed by atoms with Gasteiger partial charge in [0, 0.05) is 24.6 Å². The molecule has 1 fully saturated rings. The van der Waals surface area contributed by atoms with E-state index in [0.717, 1.165) is 11.1 Å².